The standard InChI is InChI=1S/C13H18O3/c1-10(6-7-14)13-5-4-12(16-3)8-11(13)9-15-2/h4-5,7-8,10H,6,9H2,1-3H3. The normalized spacial score (nSPS) is 12.2. The minimum atomic E-state index is 0.216. The Labute approximate surface area is 96.4 Å². The predicted molar refractivity (Wildman–Crippen MR) is 62.8 cm³/mol. The Bertz CT molecular complexity index is 347. The summed E-state index contributed by atoms with van der Waals surface area (Å²) in [7, 11) is 3.30. The van der Waals surface area contributed by atoms with Gasteiger partial charge in [-0.15, -0.1) is 0 Å². The van der Waals surface area contributed by atoms with E-state index in [1.54, 1.807) is 14.2 Å². The number of hydrogen-bond donors (Lipinski definition) is 0. The van der Waals surface area contributed by atoms with Crippen molar-refractivity contribution in [1.29, 1.82) is 0 Å². The van der Waals surface area contributed by atoms with E-state index >= 15 is 0 Å². The SMILES string of the molecule is COCc1cc(OC)ccc1C(C)CC=O. The quantitative estimate of drug-likeness (QED) is 0.694. The summed E-state index contributed by atoms with van der Waals surface area (Å²) >= 11 is 0. The van der Waals surface area contributed by atoms with E-state index in [0.717, 1.165) is 23.2 Å². The fourth-order valence-corrected chi connectivity index (χ4v) is 1.74. The summed E-state index contributed by atoms with van der Waals surface area (Å²) in [6.07, 6.45) is 1.48. The van der Waals surface area contributed by atoms with Gasteiger partial charge in [0.15, 0.2) is 0 Å². The van der Waals surface area contributed by atoms with E-state index in [9.17, 15) is 4.79 Å². The number of carbonyl (C=O) groups is 1. The molecule has 1 aromatic carbocycles. The summed E-state index contributed by atoms with van der Waals surface area (Å²) in [6.45, 7) is 2.57. The molecule has 1 rings (SSSR count). The van der Waals surface area contributed by atoms with E-state index in [1.807, 2.05) is 25.1 Å². The van der Waals surface area contributed by atoms with Gasteiger partial charge in [-0.1, -0.05) is 13.0 Å². The highest BCUT2D eigenvalue weighted by molar-refractivity contribution is 5.52. The predicted octanol–water partition coefficient (Wildman–Crippen LogP) is 2.53. The van der Waals surface area contributed by atoms with Gasteiger partial charge in [0.1, 0.15) is 12.0 Å². The first kappa shape index (κ1) is 12.7. The molecule has 16 heavy (non-hydrogen) atoms. The highest BCUT2D eigenvalue weighted by Crippen LogP contribution is 2.26. The minimum Gasteiger partial charge on any atom is -0.497 e. The number of ether oxygens (including phenoxy) is 2. The smallest absolute Gasteiger partial charge is 0.120 e. The molecule has 3 nitrogen and oxygen atoms in total. The largest absolute Gasteiger partial charge is 0.497 e. The Balaban J connectivity index is 3.01. The molecule has 1 unspecified atom stereocenters. The van der Waals surface area contributed by atoms with Gasteiger partial charge in [-0.25, -0.2) is 0 Å². The number of methoxy groups -OCH3 is 2. The number of hydrogen-bond acceptors (Lipinski definition) is 3. The summed E-state index contributed by atoms with van der Waals surface area (Å²) in [5.41, 5.74) is 2.23. The molecule has 1 aromatic rings. The highest BCUT2D eigenvalue weighted by atomic mass is 16.5. The molecule has 0 saturated carbocycles. The molecule has 0 aromatic heterocycles. The van der Waals surface area contributed by atoms with E-state index < -0.39 is 0 Å². The van der Waals surface area contributed by atoms with Crippen LogP contribution < -0.4 is 4.74 Å². The van der Waals surface area contributed by atoms with Crippen molar-refractivity contribution in [3.63, 3.8) is 0 Å². The molecule has 0 radical (unpaired) electrons. The van der Waals surface area contributed by atoms with Gasteiger partial charge < -0.3 is 14.3 Å². The van der Waals surface area contributed by atoms with Gasteiger partial charge in [0, 0.05) is 13.5 Å². The lowest BCUT2D eigenvalue weighted by molar-refractivity contribution is -0.108. The van der Waals surface area contributed by atoms with Crippen molar-refractivity contribution in [2.45, 2.75) is 25.9 Å². The van der Waals surface area contributed by atoms with Crippen molar-refractivity contribution < 1.29 is 14.3 Å². The van der Waals surface area contributed by atoms with Crippen LogP contribution in [0.2, 0.25) is 0 Å². The molecular weight excluding hydrogens is 204 g/mol. The summed E-state index contributed by atoms with van der Waals surface area (Å²) in [5, 5.41) is 0. The lowest BCUT2D eigenvalue weighted by Gasteiger charge is -2.15. The summed E-state index contributed by atoms with van der Waals surface area (Å²) in [6, 6.07) is 5.87. The summed E-state index contributed by atoms with van der Waals surface area (Å²) < 4.78 is 10.3. The van der Waals surface area contributed by atoms with Crippen molar-refractivity contribution in [3.05, 3.63) is 29.3 Å². The van der Waals surface area contributed by atoms with E-state index in [4.69, 9.17) is 9.47 Å². The molecular formula is C13H18O3. The van der Waals surface area contributed by atoms with Crippen LogP contribution in [0.15, 0.2) is 18.2 Å². The van der Waals surface area contributed by atoms with Crippen molar-refractivity contribution in [2.24, 2.45) is 0 Å². The van der Waals surface area contributed by atoms with Gasteiger partial charge in [-0.2, -0.15) is 0 Å². The van der Waals surface area contributed by atoms with Gasteiger partial charge in [0.25, 0.3) is 0 Å². The van der Waals surface area contributed by atoms with Crippen LogP contribution in [-0.2, 0) is 16.1 Å². The van der Waals surface area contributed by atoms with Gasteiger partial charge in [0.05, 0.1) is 13.7 Å². The first-order valence-corrected chi connectivity index (χ1v) is 5.32. The number of carbonyl (C=O) groups excluding carboxylic acids is 1. The van der Waals surface area contributed by atoms with Crippen molar-refractivity contribution in [2.75, 3.05) is 14.2 Å². The van der Waals surface area contributed by atoms with Crippen LogP contribution in [0.1, 0.15) is 30.4 Å². The zero-order valence-corrected chi connectivity index (χ0v) is 10.0. The van der Waals surface area contributed by atoms with Crippen molar-refractivity contribution in [1.82, 2.24) is 0 Å². The van der Waals surface area contributed by atoms with Crippen LogP contribution in [0.3, 0.4) is 0 Å². The van der Waals surface area contributed by atoms with Gasteiger partial charge in [-0.3, -0.25) is 0 Å². The van der Waals surface area contributed by atoms with E-state index in [2.05, 4.69) is 0 Å². The summed E-state index contributed by atoms with van der Waals surface area (Å²) in [4.78, 5) is 10.5. The Hall–Kier alpha value is -1.35. The first-order valence-electron chi connectivity index (χ1n) is 5.32. The Morgan fingerprint density at radius 2 is 2.12 bits per heavy atom. The maximum absolute atomic E-state index is 10.5. The summed E-state index contributed by atoms with van der Waals surface area (Å²) in [5.74, 6) is 1.03. The topological polar surface area (TPSA) is 35.5 Å². The molecule has 88 valence electrons. The maximum Gasteiger partial charge on any atom is 0.120 e. The fraction of sp³-hybridized carbons (Fsp3) is 0.462. The molecule has 0 spiro atoms. The number of aldehydes is 1. The maximum atomic E-state index is 10.5. The zero-order valence-electron chi connectivity index (χ0n) is 10.0. The second kappa shape index (κ2) is 6.28. The van der Waals surface area contributed by atoms with Crippen LogP contribution in [0.5, 0.6) is 5.75 Å². The van der Waals surface area contributed by atoms with Crippen molar-refractivity contribution in [3.8, 4) is 5.75 Å². The molecule has 1 atom stereocenters. The Kier molecular flexibility index (Phi) is 4.99. The average molecular weight is 222 g/mol. The average Bonchev–Trinajstić information content (AvgIpc) is 2.29. The van der Waals surface area contributed by atoms with E-state index in [1.165, 1.54) is 0 Å². The van der Waals surface area contributed by atoms with Crippen LogP contribution in [0, 0.1) is 0 Å². The third kappa shape index (κ3) is 3.07. The van der Waals surface area contributed by atoms with Gasteiger partial charge in [0.2, 0.25) is 0 Å². The fourth-order valence-electron chi connectivity index (χ4n) is 1.74. The highest BCUT2D eigenvalue weighted by Gasteiger charge is 2.11. The van der Waals surface area contributed by atoms with Crippen molar-refractivity contribution >= 4 is 6.29 Å². The molecule has 3 heteroatoms. The molecule has 0 fully saturated rings. The van der Waals surface area contributed by atoms with E-state index in [0.29, 0.717) is 13.0 Å². The molecule has 0 saturated heterocycles. The lowest BCUT2D eigenvalue weighted by atomic mass is 9.93. The van der Waals surface area contributed by atoms with E-state index in [-0.39, 0.29) is 5.92 Å². The van der Waals surface area contributed by atoms with Crippen LogP contribution in [0.25, 0.3) is 0 Å². The Morgan fingerprint density at radius 1 is 1.38 bits per heavy atom. The van der Waals surface area contributed by atoms with Crippen LogP contribution in [-0.4, -0.2) is 20.5 Å². The van der Waals surface area contributed by atoms with Crippen LogP contribution >= 0.6 is 0 Å². The van der Waals surface area contributed by atoms with Crippen LogP contribution in [0.4, 0.5) is 0 Å². The molecule has 0 aliphatic carbocycles. The first-order chi connectivity index (χ1) is 7.72. The molecule has 0 aliphatic rings. The molecule has 0 bridgehead atoms. The minimum absolute atomic E-state index is 0.216. The third-order valence-corrected chi connectivity index (χ3v) is 2.63. The van der Waals surface area contributed by atoms with Gasteiger partial charge in [-0.05, 0) is 29.2 Å². The molecule has 0 N–H and O–H groups in total. The lowest BCUT2D eigenvalue weighted by Crippen LogP contribution is -2.02. The number of rotatable bonds is 6. The monoisotopic (exact) mass is 222 g/mol. The molecule has 0 aliphatic heterocycles. The third-order valence-electron chi connectivity index (χ3n) is 2.63. The zero-order chi connectivity index (χ0) is 12.0. The Morgan fingerprint density at radius 3 is 2.69 bits per heavy atom. The second-order valence-corrected chi connectivity index (χ2v) is 3.80. The number of benzene rings is 1. The molecule has 0 heterocycles. The van der Waals surface area contributed by atoms with Gasteiger partial charge >= 0.3 is 0 Å². The molecule has 0 amide bonds. The second-order valence-electron chi connectivity index (χ2n) is 3.80.